The van der Waals surface area contributed by atoms with Crippen LogP contribution in [0.5, 0.6) is 0 Å². The van der Waals surface area contributed by atoms with Crippen LogP contribution in [0.1, 0.15) is 35.7 Å². The zero-order chi connectivity index (χ0) is 18.9. The Balaban J connectivity index is 2.08. The van der Waals surface area contributed by atoms with Crippen LogP contribution in [0.4, 0.5) is 8.78 Å². The molecule has 0 unspecified atom stereocenters. The van der Waals surface area contributed by atoms with Gasteiger partial charge in [0.25, 0.3) is 0 Å². The van der Waals surface area contributed by atoms with Crippen molar-refractivity contribution >= 4 is 5.97 Å². The van der Waals surface area contributed by atoms with Crippen LogP contribution < -0.4 is 0 Å². The molecule has 0 aromatic carbocycles. The van der Waals surface area contributed by atoms with Gasteiger partial charge in [0.05, 0.1) is 17.1 Å². The van der Waals surface area contributed by atoms with E-state index < -0.39 is 23.1 Å². The average Bonchev–Trinajstić information content (AvgIpc) is 2.64. The molecule has 26 heavy (non-hydrogen) atoms. The molecular weight excluding hydrogens is 340 g/mol. The van der Waals surface area contributed by atoms with Crippen LogP contribution >= 0.6 is 0 Å². The molecule has 0 amide bonds. The highest BCUT2D eigenvalue weighted by Crippen LogP contribution is 2.31. The first kappa shape index (κ1) is 17.6. The molecule has 3 aromatic heterocycles. The summed E-state index contributed by atoms with van der Waals surface area (Å²) in [6.45, 7) is 3.66. The minimum absolute atomic E-state index is 0.00222. The van der Waals surface area contributed by atoms with Gasteiger partial charge in [-0.1, -0.05) is 12.1 Å². The Kier molecular flexibility index (Phi) is 4.46. The number of pyridine rings is 3. The number of rotatable bonds is 4. The van der Waals surface area contributed by atoms with Crippen LogP contribution in [0.15, 0.2) is 48.7 Å². The molecule has 0 radical (unpaired) electrons. The number of halogens is 2. The maximum Gasteiger partial charge on any atom is 0.354 e. The maximum atomic E-state index is 14.0. The Labute approximate surface area is 148 Å². The molecule has 0 aliphatic carbocycles. The lowest BCUT2D eigenvalue weighted by atomic mass is 9.84. The first-order valence-corrected chi connectivity index (χ1v) is 7.79. The molecule has 5 nitrogen and oxygen atoms in total. The summed E-state index contributed by atoms with van der Waals surface area (Å²) in [5.74, 6) is -3.38. The Morgan fingerprint density at radius 2 is 1.65 bits per heavy atom. The molecule has 132 valence electrons. The van der Waals surface area contributed by atoms with E-state index >= 15 is 0 Å². The van der Waals surface area contributed by atoms with Gasteiger partial charge in [0.2, 0.25) is 5.95 Å². The lowest BCUT2D eigenvalue weighted by Crippen LogP contribution is -2.23. The number of hydrogen-bond acceptors (Lipinski definition) is 4. The number of nitrogens with zero attached hydrogens (tertiary/aromatic N) is 3. The molecule has 3 heterocycles. The van der Waals surface area contributed by atoms with Crippen molar-refractivity contribution in [1.29, 1.82) is 0 Å². The van der Waals surface area contributed by atoms with Crippen molar-refractivity contribution in [2.75, 3.05) is 0 Å². The predicted octanol–water partition coefficient (Wildman–Crippen LogP) is 3.84. The molecule has 0 saturated carbocycles. The summed E-state index contributed by atoms with van der Waals surface area (Å²) < 4.78 is 27.4. The zero-order valence-electron chi connectivity index (χ0n) is 14.1. The monoisotopic (exact) mass is 355 g/mol. The highest BCUT2D eigenvalue weighted by molar-refractivity contribution is 5.85. The fourth-order valence-electron chi connectivity index (χ4n) is 2.58. The minimum Gasteiger partial charge on any atom is -0.477 e. The van der Waals surface area contributed by atoms with Gasteiger partial charge in [-0.2, -0.15) is 4.39 Å². The molecule has 7 heteroatoms. The largest absolute Gasteiger partial charge is 0.477 e. The second-order valence-corrected chi connectivity index (χ2v) is 6.21. The first-order chi connectivity index (χ1) is 12.3. The van der Waals surface area contributed by atoms with Crippen molar-refractivity contribution in [3.8, 4) is 11.3 Å². The van der Waals surface area contributed by atoms with Gasteiger partial charge in [0.15, 0.2) is 5.82 Å². The van der Waals surface area contributed by atoms with E-state index in [-0.39, 0.29) is 17.0 Å². The molecule has 3 aromatic rings. The van der Waals surface area contributed by atoms with Crippen molar-refractivity contribution in [2.45, 2.75) is 19.3 Å². The van der Waals surface area contributed by atoms with Gasteiger partial charge in [-0.05, 0) is 44.2 Å². The second-order valence-electron chi connectivity index (χ2n) is 6.21. The van der Waals surface area contributed by atoms with E-state index in [1.807, 2.05) is 13.8 Å². The normalized spacial score (nSPS) is 11.4. The van der Waals surface area contributed by atoms with E-state index in [1.165, 1.54) is 18.3 Å². The third-order valence-corrected chi connectivity index (χ3v) is 4.12. The highest BCUT2D eigenvalue weighted by atomic mass is 19.2. The van der Waals surface area contributed by atoms with Gasteiger partial charge in [-0.3, -0.25) is 4.98 Å². The molecular formula is C19H15F2N3O2. The number of carboxylic acid groups (broad SMARTS) is 1. The molecule has 0 fully saturated rings. The van der Waals surface area contributed by atoms with Crippen molar-refractivity contribution < 1.29 is 18.7 Å². The van der Waals surface area contributed by atoms with E-state index in [2.05, 4.69) is 15.0 Å². The zero-order valence-corrected chi connectivity index (χ0v) is 14.1. The van der Waals surface area contributed by atoms with Crippen LogP contribution in [-0.2, 0) is 5.41 Å². The van der Waals surface area contributed by atoms with Crippen LogP contribution in [0.25, 0.3) is 11.3 Å². The van der Waals surface area contributed by atoms with E-state index in [1.54, 1.807) is 30.3 Å². The van der Waals surface area contributed by atoms with Gasteiger partial charge >= 0.3 is 5.97 Å². The summed E-state index contributed by atoms with van der Waals surface area (Å²) in [5.41, 5.74) is 0.481. The third-order valence-electron chi connectivity index (χ3n) is 4.12. The Morgan fingerprint density at radius 1 is 1.00 bits per heavy atom. The number of aromatic carboxylic acids is 1. The van der Waals surface area contributed by atoms with Crippen molar-refractivity contribution in [1.82, 2.24) is 15.0 Å². The summed E-state index contributed by atoms with van der Waals surface area (Å²) in [5, 5.41) is 9.13. The topological polar surface area (TPSA) is 76.0 Å². The van der Waals surface area contributed by atoms with Crippen molar-refractivity contribution in [2.24, 2.45) is 0 Å². The van der Waals surface area contributed by atoms with Crippen LogP contribution in [0.2, 0.25) is 0 Å². The summed E-state index contributed by atoms with van der Waals surface area (Å²) in [4.78, 5) is 23.1. The molecule has 0 bridgehead atoms. The standard InChI is InChI=1S/C19H15F2N3O2/c1-19(2,15-8-4-6-13(24-15)18(25)26)14-7-3-5-12(23-14)11-9-10-22-17(21)16(11)20/h3-10H,1-2H3,(H,25,26). The number of carboxylic acids is 1. The van der Waals surface area contributed by atoms with E-state index in [0.717, 1.165) is 0 Å². The minimum atomic E-state index is -1.19. The molecule has 0 atom stereocenters. The molecule has 0 aliphatic rings. The lowest BCUT2D eigenvalue weighted by molar-refractivity contribution is 0.0690. The van der Waals surface area contributed by atoms with E-state index in [9.17, 15) is 13.6 Å². The third kappa shape index (κ3) is 3.15. The number of carbonyl (C=O) groups is 1. The smallest absolute Gasteiger partial charge is 0.354 e. The quantitative estimate of drug-likeness (QED) is 0.720. The van der Waals surface area contributed by atoms with Crippen LogP contribution in [0, 0.1) is 11.8 Å². The summed E-state index contributed by atoms with van der Waals surface area (Å²) >= 11 is 0. The molecule has 0 saturated heterocycles. The van der Waals surface area contributed by atoms with Gasteiger partial charge in [0.1, 0.15) is 5.69 Å². The van der Waals surface area contributed by atoms with Gasteiger partial charge in [-0.15, -0.1) is 0 Å². The van der Waals surface area contributed by atoms with Gasteiger partial charge < -0.3 is 5.11 Å². The maximum absolute atomic E-state index is 14.0. The Morgan fingerprint density at radius 3 is 2.35 bits per heavy atom. The summed E-state index contributed by atoms with van der Waals surface area (Å²) in [6.07, 6.45) is 1.17. The summed E-state index contributed by atoms with van der Waals surface area (Å²) in [7, 11) is 0. The van der Waals surface area contributed by atoms with Crippen molar-refractivity contribution in [3.05, 3.63) is 77.5 Å². The first-order valence-electron chi connectivity index (χ1n) is 7.79. The fourth-order valence-corrected chi connectivity index (χ4v) is 2.58. The highest BCUT2D eigenvalue weighted by Gasteiger charge is 2.28. The lowest BCUT2D eigenvalue weighted by Gasteiger charge is -2.24. The average molecular weight is 355 g/mol. The van der Waals surface area contributed by atoms with Gasteiger partial charge in [-0.25, -0.2) is 19.2 Å². The SMILES string of the molecule is CC(C)(c1cccc(C(=O)O)n1)c1cccc(-c2ccnc(F)c2F)n1. The summed E-state index contributed by atoms with van der Waals surface area (Å²) in [6, 6.07) is 11.0. The van der Waals surface area contributed by atoms with Gasteiger partial charge in [0, 0.05) is 17.2 Å². The predicted molar refractivity (Wildman–Crippen MR) is 90.7 cm³/mol. The van der Waals surface area contributed by atoms with Crippen LogP contribution in [-0.4, -0.2) is 26.0 Å². The number of aromatic nitrogens is 3. The van der Waals surface area contributed by atoms with Crippen molar-refractivity contribution in [3.63, 3.8) is 0 Å². The number of hydrogen-bond donors (Lipinski definition) is 1. The Hall–Kier alpha value is -3.22. The molecule has 3 rings (SSSR count). The molecule has 0 spiro atoms. The molecule has 1 N–H and O–H groups in total. The van der Waals surface area contributed by atoms with E-state index in [0.29, 0.717) is 11.4 Å². The molecule has 0 aliphatic heterocycles. The van der Waals surface area contributed by atoms with E-state index in [4.69, 9.17) is 5.11 Å². The fraction of sp³-hybridized carbons (Fsp3) is 0.158. The van der Waals surface area contributed by atoms with Crippen LogP contribution in [0.3, 0.4) is 0 Å². The second kappa shape index (κ2) is 6.59. The Bertz CT molecular complexity index is 990.